The Balaban J connectivity index is 1.80. The molecule has 3 aliphatic rings. The van der Waals surface area contributed by atoms with Crippen LogP contribution in [0.4, 0.5) is 0 Å². The van der Waals surface area contributed by atoms with E-state index in [9.17, 15) is 5.11 Å². The van der Waals surface area contributed by atoms with Crippen molar-refractivity contribution in [3.63, 3.8) is 0 Å². The first-order valence-corrected chi connectivity index (χ1v) is 9.13. The second kappa shape index (κ2) is 5.20. The van der Waals surface area contributed by atoms with Crippen LogP contribution < -0.4 is 0 Å². The maximum atomic E-state index is 10.9. The first-order chi connectivity index (χ1) is 12.1. The van der Waals surface area contributed by atoms with Gasteiger partial charge in [-0.2, -0.15) is 0 Å². The Morgan fingerprint density at radius 2 is 1.76 bits per heavy atom. The van der Waals surface area contributed by atoms with Crippen LogP contribution >= 0.6 is 0 Å². The van der Waals surface area contributed by atoms with Crippen LogP contribution in [0.3, 0.4) is 0 Å². The summed E-state index contributed by atoms with van der Waals surface area (Å²) in [6, 6.07) is 16.9. The van der Waals surface area contributed by atoms with E-state index in [0.717, 1.165) is 40.9 Å². The van der Waals surface area contributed by atoms with Gasteiger partial charge in [0.1, 0.15) is 0 Å². The largest absolute Gasteiger partial charge is 0.404 e. The molecule has 1 fully saturated rings. The first-order valence-electron chi connectivity index (χ1n) is 9.13. The molecule has 1 N–H and O–H groups in total. The zero-order valence-electron chi connectivity index (χ0n) is 14.7. The molecule has 2 aliphatic heterocycles. The highest BCUT2D eigenvalue weighted by Crippen LogP contribution is 2.51. The van der Waals surface area contributed by atoms with E-state index in [4.69, 9.17) is 4.84 Å². The number of hydroxylamine groups is 2. The van der Waals surface area contributed by atoms with Gasteiger partial charge in [0, 0.05) is 17.6 Å². The van der Waals surface area contributed by atoms with E-state index in [0.29, 0.717) is 6.42 Å². The van der Waals surface area contributed by atoms with E-state index in [1.165, 1.54) is 5.57 Å². The number of aliphatic hydroxyl groups is 1. The topological polar surface area (TPSA) is 32.7 Å². The Kier molecular flexibility index (Phi) is 3.16. The summed E-state index contributed by atoms with van der Waals surface area (Å²) >= 11 is 0. The summed E-state index contributed by atoms with van der Waals surface area (Å²) in [6.45, 7) is 4.50. The van der Waals surface area contributed by atoms with Gasteiger partial charge >= 0.3 is 0 Å². The lowest BCUT2D eigenvalue weighted by Gasteiger charge is -2.30. The number of fused-ring (bicyclic) bond motifs is 6. The van der Waals surface area contributed by atoms with Crippen LogP contribution in [0.5, 0.6) is 0 Å². The summed E-state index contributed by atoms with van der Waals surface area (Å²) in [4.78, 5) is 6.49. The second-order valence-electron chi connectivity index (χ2n) is 7.99. The van der Waals surface area contributed by atoms with E-state index < -0.39 is 6.10 Å². The first kappa shape index (κ1) is 15.2. The zero-order chi connectivity index (χ0) is 17.2. The van der Waals surface area contributed by atoms with Gasteiger partial charge in [-0.25, -0.2) is 0 Å². The molecule has 2 heterocycles. The van der Waals surface area contributed by atoms with E-state index in [1.54, 1.807) is 0 Å². The standard InChI is InChI=1S/C22H23NO2/c1-22(2)12-11-18-20-17-10-6-5-9-16(17)19(24)13-14-7-3-4-8-15(14)21(20)25-23(18)22/h3-10,18-19,24H,11-13H2,1-2H3. The highest BCUT2D eigenvalue weighted by atomic mass is 16.7. The van der Waals surface area contributed by atoms with Crippen molar-refractivity contribution in [2.45, 2.75) is 50.8 Å². The summed E-state index contributed by atoms with van der Waals surface area (Å²) in [6.07, 6.45) is 2.32. The molecular weight excluding hydrogens is 310 g/mol. The number of hydrogen-bond acceptors (Lipinski definition) is 3. The number of benzene rings is 2. The van der Waals surface area contributed by atoms with Gasteiger partial charge in [0.05, 0.1) is 17.7 Å². The molecule has 0 bridgehead atoms. The molecule has 0 saturated carbocycles. The molecule has 0 radical (unpaired) electrons. The van der Waals surface area contributed by atoms with Gasteiger partial charge in [-0.15, -0.1) is 5.06 Å². The van der Waals surface area contributed by atoms with Crippen LogP contribution in [0.15, 0.2) is 48.5 Å². The molecule has 5 rings (SSSR count). The zero-order valence-corrected chi connectivity index (χ0v) is 14.7. The molecule has 1 saturated heterocycles. The molecule has 2 aromatic rings. The molecular formula is C22H23NO2. The Bertz CT molecular complexity index is 883. The van der Waals surface area contributed by atoms with Crippen LogP contribution in [0, 0.1) is 0 Å². The smallest absolute Gasteiger partial charge is 0.160 e. The van der Waals surface area contributed by atoms with Crippen LogP contribution in [0.25, 0.3) is 11.3 Å². The predicted octanol–water partition coefficient (Wildman–Crippen LogP) is 4.33. The lowest BCUT2D eigenvalue weighted by atomic mass is 9.84. The lowest BCUT2D eigenvalue weighted by Crippen LogP contribution is -2.39. The Hall–Kier alpha value is -2.10. The molecule has 0 amide bonds. The summed E-state index contributed by atoms with van der Waals surface area (Å²) in [7, 11) is 0. The number of hydrogen-bond donors (Lipinski definition) is 1. The van der Waals surface area contributed by atoms with Gasteiger partial charge in [0.15, 0.2) is 5.76 Å². The van der Waals surface area contributed by atoms with Crippen molar-refractivity contribution in [2.24, 2.45) is 0 Å². The number of rotatable bonds is 0. The van der Waals surface area contributed by atoms with Gasteiger partial charge in [0.2, 0.25) is 0 Å². The fourth-order valence-corrected chi connectivity index (χ4v) is 4.65. The SMILES string of the molecule is CC1(C)CCC2C3=C(ON21)c1ccccc1CC(O)c1ccccc13. The molecule has 2 atom stereocenters. The van der Waals surface area contributed by atoms with Crippen molar-refractivity contribution in [2.75, 3.05) is 0 Å². The number of aliphatic hydroxyl groups excluding tert-OH is 1. The molecule has 3 nitrogen and oxygen atoms in total. The normalized spacial score (nSPS) is 26.8. The van der Waals surface area contributed by atoms with Crippen molar-refractivity contribution >= 4 is 11.3 Å². The fourth-order valence-electron chi connectivity index (χ4n) is 4.65. The summed E-state index contributed by atoms with van der Waals surface area (Å²) in [5.74, 6) is 0.979. The fraction of sp³-hybridized carbons (Fsp3) is 0.364. The maximum Gasteiger partial charge on any atom is 0.160 e. The third-order valence-electron chi connectivity index (χ3n) is 5.96. The average Bonchev–Trinajstić information content (AvgIpc) is 3.12. The van der Waals surface area contributed by atoms with Gasteiger partial charge in [0.25, 0.3) is 0 Å². The van der Waals surface area contributed by atoms with Crippen molar-refractivity contribution in [1.82, 2.24) is 5.06 Å². The van der Waals surface area contributed by atoms with Crippen LogP contribution in [-0.2, 0) is 11.3 Å². The van der Waals surface area contributed by atoms with E-state index in [2.05, 4.69) is 55.3 Å². The molecule has 3 heteroatoms. The third-order valence-corrected chi connectivity index (χ3v) is 5.96. The average molecular weight is 333 g/mol. The molecule has 0 spiro atoms. The predicted molar refractivity (Wildman–Crippen MR) is 98.4 cm³/mol. The Labute approximate surface area is 148 Å². The Morgan fingerprint density at radius 1 is 1.04 bits per heavy atom. The highest BCUT2D eigenvalue weighted by Gasteiger charge is 2.50. The summed E-state index contributed by atoms with van der Waals surface area (Å²) in [5, 5.41) is 13.1. The molecule has 0 aromatic heterocycles. The maximum absolute atomic E-state index is 10.9. The van der Waals surface area contributed by atoms with Gasteiger partial charge in [-0.05, 0) is 43.4 Å². The van der Waals surface area contributed by atoms with Gasteiger partial charge in [-0.1, -0.05) is 48.5 Å². The minimum atomic E-state index is -0.491. The van der Waals surface area contributed by atoms with Gasteiger partial charge in [-0.3, -0.25) is 0 Å². The molecule has 128 valence electrons. The lowest BCUT2D eigenvalue weighted by molar-refractivity contribution is -0.133. The van der Waals surface area contributed by atoms with Crippen molar-refractivity contribution < 1.29 is 9.94 Å². The van der Waals surface area contributed by atoms with Crippen molar-refractivity contribution in [1.29, 1.82) is 0 Å². The monoisotopic (exact) mass is 333 g/mol. The summed E-state index contributed by atoms with van der Waals surface area (Å²) < 4.78 is 0. The molecule has 25 heavy (non-hydrogen) atoms. The Morgan fingerprint density at radius 3 is 2.60 bits per heavy atom. The van der Waals surface area contributed by atoms with E-state index in [1.807, 2.05) is 12.1 Å². The highest BCUT2D eigenvalue weighted by molar-refractivity contribution is 5.94. The minimum absolute atomic E-state index is 0.0220. The molecule has 1 aliphatic carbocycles. The van der Waals surface area contributed by atoms with Crippen LogP contribution in [0.1, 0.15) is 55.0 Å². The summed E-state index contributed by atoms with van der Waals surface area (Å²) in [5.41, 5.74) is 5.69. The minimum Gasteiger partial charge on any atom is -0.404 e. The van der Waals surface area contributed by atoms with Crippen molar-refractivity contribution in [3.8, 4) is 0 Å². The molecule has 2 aromatic carbocycles. The quantitative estimate of drug-likeness (QED) is 0.779. The second-order valence-corrected chi connectivity index (χ2v) is 7.99. The van der Waals surface area contributed by atoms with Crippen LogP contribution in [0.2, 0.25) is 0 Å². The van der Waals surface area contributed by atoms with E-state index >= 15 is 0 Å². The third kappa shape index (κ3) is 2.12. The van der Waals surface area contributed by atoms with Crippen molar-refractivity contribution in [3.05, 3.63) is 70.8 Å². The van der Waals surface area contributed by atoms with E-state index in [-0.39, 0.29) is 11.6 Å². The van der Waals surface area contributed by atoms with Gasteiger partial charge < -0.3 is 9.94 Å². The number of nitrogens with zero attached hydrogens (tertiary/aromatic N) is 1. The molecule has 2 unspecified atom stereocenters. The van der Waals surface area contributed by atoms with Crippen LogP contribution in [-0.4, -0.2) is 21.8 Å².